The molecular weight excluding hydrogens is 438 g/mol. The van der Waals surface area contributed by atoms with Gasteiger partial charge in [0.25, 0.3) is 0 Å². The number of rotatable bonds is 9. The first-order valence-corrected chi connectivity index (χ1v) is 11.4. The molecule has 1 aliphatic heterocycles. The summed E-state index contributed by atoms with van der Waals surface area (Å²) in [6, 6.07) is 12.0. The number of nitrogens with zero attached hydrogens (tertiary/aromatic N) is 4. The molecule has 4 rings (SSSR count). The monoisotopic (exact) mass is 463 g/mol. The Morgan fingerprint density at radius 3 is 2.58 bits per heavy atom. The van der Waals surface area contributed by atoms with Crippen LogP contribution in [0.5, 0.6) is 0 Å². The molecule has 2 aromatic heterocycles. The van der Waals surface area contributed by atoms with E-state index in [1.807, 2.05) is 42.6 Å². The van der Waals surface area contributed by atoms with Gasteiger partial charge in [-0.2, -0.15) is 9.60 Å². The van der Waals surface area contributed by atoms with Crippen molar-refractivity contribution in [3.63, 3.8) is 0 Å². The van der Waals surface area contributed by atoms with Crippen molar-refractivity contribution in [2.45, 2.75) is 17.7 Å². The Kier molecular flexibility index (Phi) is 8.05. The molecule has 3 aromatic rings. The molecule has 1 saturated heterocycles. The van der Waals surface area contributed by atoms with Crippen molar-refractivity contribution in [1.82, 2.24) is 20.3 Å². The number of hydrogen-bond donors (Lipinski definition) is 3. The summed E-state index contributed by atoms with van der Waals surface area (Å²) in [5.74, 6) is 1.79. The van der Waals surface area contributed by atoms with E-state index in [4.69, 9.17) is 9.60 Å². The second-order valence-corrected chi connectivity index (χ2v) is 8.33. The minimum atomic E-state index is 0.269. The fourth-order valence-electron chi connectivity index (χ4n) is 3.59. The topological polar surface area (TPSA) is 117 Å². The largest absolute Gasteiger partial charge is 0.384 e. The molecule has 33 heavy (non-hydrogen) atoms. The molecule has 1 fully saturated rings. The molecule has 0 amide bonds. The van der Waals surface area contributed by atoms with Crippen molar-refractivity contribution in [3.05, 3.63) is 54.6 Å². The second-order valence-electron chi connectivity index (χ2n) is 7.56. The van der Waals surface area contributed by atoms with Gasteiger partial charge in [0.15, 0.2) is 5.69 Å². The average molecular weight is 464 g/mol. The molecule has 3 N–H and O–H groups in total. The lowest BCUT2D eigenvalue weighted by Crippen LogP contribution is -2.31. The van der Waals surface area contributed by atoms with Crippen molar-refractivity contribution < 1.29 is 9.22 Å². The minimum Gasteiger partial charge on any atom is -0.384 e. The zero-order valence-corrected chi connectivity index (χ0v) is 19.1. The standard InChI is InChI=1S/C23H25N7O2S/c1-31-32-33-19-4-2-17(3-5-19)20-14-29-22(30-23-15-26-18(11-24)13-28-23)10-21(20)27-12-16-6-8-25-9-7-16/h2-5,10,13-16,25H,6-9,12H2,1H3,(H2,27,28,29,30). The van der Waals surface area contributed by atoms with E-state index in [2.05, 4.69) is 35.8 Å². The van der Waals surface area contributed by atoms with Crippen LogP contribution in [0.4, 0.5) is 17.3 Å². The van der Waals surface area contributed by atoms with E-state index >= 15 is 0 Å². The summed E-state index contributed by atoms with van der Waals surface area (Å²) >= 11 is 1.16. The van der Waals surface area contributed by atoms with Gasteiger partial charge in [-0.15, -0.1) is 0 Å². The van der Waals surface area contributed by atoms with Crippen LogP contribution in [0.2, 0.25) is 0 Å². The number of pyridine rings is 1. The number of nitrogens with one attached hydrogen (secondary N) is 3. The summed E-state index contributed by atoms with van der Waals surface area (Å²) < 4.78 is 4.93. The van der Waals surface area contributed by atoms with Gasteiger partial charge in [-0.05, 0) is 49.5 Å². The van der Waals surface area contributed by atoms with E-state index in [1.165, 1.54) is 19.5 Å². The van der Waals surface area contributed by atoms with Gasteiger partial charge in [0.05, 0.1) is 31.5 Å². The lowest BCUT2D eigenvalue weighted by molar-refractivity contribution is -0.160. The molecule has 0 unspecified atom stereocenters. The first-order valence-electron chi connectivity index (χ1n) is 10.7. The van der Waals surface area contributed by atoms with Gasteiger partial charge in [0, 0.05) is 35.0 Å². The van der Waals surface area contributed by atoms with E-state index in [1.54, 1.807) is 0 Å². The second kappa shape index (κ2) is 11.6. The normalized spacial score (nSPS) is 13.9. The van der Waals surface area contributed by atoms with Crippen molar-refractivity contribution in [1.29, 1.82) is 5.26 Å². The number of nitriles is 1. The molecule has 0 aliphatic carbocycles. The van der Waals surface area contributed by atoms with E-state index in [0.717, 1.165) is 66.2 Å². The van der Waals surface area contributed by atoms with Gasteiger partial charge in [-0.25, -0.2) is 19.8 Å². The maximum absolute atomic E-state index is 8.91. The quantitative estimate of drug-likeness (QED) is 0.243. The number of hydrogen-bond acceptors (Lipinski definition) is 10. The summed E-state index contributed by atoms with van der Waals surface area (Å²) in [5, 5.41) is 19.1. The lowest BCUT2D eigenvalue weighted by atomic mass is 9.97. The zero-order valence-electron chi connectivity index (χ0n) is 18.2. The Bertz CT molecular complexity index is 1080. The highest BCUT2D eigenvalue weighted by Gasteiger charge is 2.15. The summed E-state index contributed by atoms with van der Waals surface area (Å²) in [7, 11) is 1.48. The predicted molar refractivity (Wildman–Crippen MR) is 128 cm³/mol. The van der Waals surface area contributed by atoms with Crippen molar-refractivity contribution in [2.24, 2.45) is 5.92 Å². The Hall–Kier alpha value is -3.23. The molecular formula is C23H25N7O2S. The Morgan fingerprint density at radius 1 is 1.09 bits per heavy atom. The van der Waals surface area contributed by atoms with Crippen LogP contribution < -0.4 is 16.0 Å². The third kappa shape index (κ3) is 6.40. The predicted octanol–water partition coefficient (Wildman–Crippen LogP) is 4.15. The summed E-state index contributed by atoms with van der Waals surface area (Å²) in [5.41, 5.74) is 3.30. The molecule has 170 valence electrons. The van der Waals surface area contributed by atoms with Gasteiger partial charge in [-0.1, -0.05) is 12.1 Å². The van der Waals surface area contributed by atoms with Gasteiger partial charge in [0.1, 0.15) is 17.7 Å². The van der Waals surface area contributed by atoms with Crippen molar-refractivity contribution >= 4 is 29.4 Å². The maximum Gasteiger partial charge on any atom is 0.158 e. The van der Waals surface area contributed by atoms with E-state index in [-0.39, 0.29) is 5.69 Å². The molecule has 3 heterocycles. The molecule has 10 heteroatoms. The molecule has 1 aromatic carbocycles. The van der Waals surface area contributed by atoms with E-state index < -0.39 is 0 Å². The van der Waals surface area contributed by atoms with Crippen LogP contribution in [0.15, 0.2) is 53.8 Å². The van der Waals surface area contributed by atoms with E-state index in [0.29, 0.717) is 17.6 Å². The number of benzene rings is 1. The molecule has 0 saturated carbocycles. The lowest BCUT2D eigenvalue weighted by Gasteiger charge is -2.24. The first kappa shape index (κ1) is 22.9. The van der Waals surface area contributed by atoms with Gasteiger partial charge < -0.3 is 16.0 Å². The van der Waals surface area contributed by atoms with Crippen molar-refractivity contribution in [3.8, 4) is 17.2 Å². The molecule has 0 spiro atoms. The number of anilines is 3. The molecule has 9 nitrogen and oxygen atoms in total. The third-order valence-electron chi connectivity index (χ3n) is 5.33. The summed E-state index contributed by atoms with van der Waals surface area (Å²) in [6.07, 6.45) is 7.11. The van der Waals surface area contributed by atoms with Crippen LogP contribution in [-0.4, -0.2) is 41.7 Å². The highest BCUT2D eigenvalue weighted by atomic mass is 32.2. The van der Waals surface area contributed by atoms with Crippen LogP contribution in [0, 0.1) is 17.2 Å². The molecule has 0 bridgehead atoms. The average Bonchev–Trinajstić information content (AvgIpc) is 2.88. The van der Waals surface area contributed by atoms with Gasteiger partial charge >= 0.3 is 0 Å². The number of aromatic nitrogens is 3. The fourth-order valence-corrected chi connectivity index (χ4v) is 3.98. The first-order chi connectivity index (χ1) is 16.2. The smallest absolute Gasteiger partial charge is 0.158 e. The number of piperidine rings is 1. The molecule has 0 radical (unpaired) electrons. The van der Waals surface area contributed by atoms with Crippen molar-refractivity contribution in [2.75, 3.05) is 37.4 Å². The SMILES string of the molecule is COOSc1ccc(-c2cnc(Nc3cnc(C#N)cn3)cc2NCC2CCNCC2)cc1. The fraction of sp³-hybridized carbons (Fsp3) is 0.304. The summed E-state index contributed by atoms with van der Waals surface area (Å²) in [4.78, 5) is 18.4. The van der Waals surface area contributed by atoms with Gasteiger partial charge in [-0.3, -0.25) is 0 Å². The van der Waals surface area contributed by atoms with Crippen LogP contribution in [0.3, 0.4) is 0 Å². The third-order valence-corrected chi connectivity index (χ3v) is 6.00. The molecule has 0 atom stereocenters. The maximum atomic E-state index is 8.91. The van der Waals surface area contributed by atoms with E-state index in [9.17, 15) is 0 Å². The Balaban J connectivity index is 1.56. The van der Waals surface area contributed by atoms with Crippen LogP contribution in [0.25, 0.3) is 11.1 Å². The Labute approximate surface area is 197 Å². The van der Waals surface area contributed by atoms with Crippen LogP contribution in [0.1, 0.15) is 18.5 Å². The zero-order chi connectivity index (χ0) is 22.9. The Morgan fingerprint density at radius 2 is 1.88 bits per heavy atom. The minimum absolute atomic E-state index is 0.269. The highest BCUT2D eigenvalue weighted by molar-refractivity contribution is 7.94. The summed E-state index contributed by atoms with van der Waals surface area (Å²) in [6.45, 7) is 3.01. The highest BCUT2D eigenvalue weighted by Crippen LogP contribution is 2.32. The molecule has 1 aliphatic rings. The van der Waals surface area contributed by atoms with Crippen LogP contribution >= 0.6 is 12.0 Å². The van der Waals surface area contributed by atoms with Crippen LogP contribution in [-0.2, 0) is 9.22 Å². The van der Waals surface area contributed by atoms with Gasteiger partial charge in [0.2, 0.25) is 0 Å².